The van der Waals surface area contributed by atoms with Crippen LogP contribution in [0.2, 0.25) is 0 Å². The fraction of sp³-hybridized carbons (Fsp3) is 0.562. The maximum atomic E-state index is 13.7. The average Bonchev–Trinajstić information content (AvgIpc) is 2.43. The van der Waals surface area contributed by atoms with Crippen molar-refractivity contribution in [3.8, 4) is 0 Å². The molecule has 0 bridgehead atoms. The number of ketones is 1. The molecule has 0 spiro atoms. The van der Waals surface area contributed by atoms with Crippen LogP contribution >= 0.6 is 0 Å². The van der Waals surface area contributed by atoms with Crippen LogP contribution in [0, 0.1) is 17.6 Å². The second kappa shape index (κ2) is 7.48. The number of likely N-dealkylation sites (N-methyl/N-ethyl adjacent to an activating group) is 1. The van der Waals surface area contributed by atoms with E-state index in [4.69, 9.17) is 0 Å². The van der Waals surface area contributed by atoms with E-state index in [1.807, 2.05) is 11.8 Å². The van der Waals surface area contributed by atoms with Crippen LogP contribution < -0.4 is 0 Å². The predicted molar refractivity (Wildman–Crippen MR) is 76.9 cm³/mol. The molecule has 0 fully saturated rings. The van der Waals surface area contributed by atoms with Gasteiger partial charge in [-0.3, -0.25) is 9.69 Å². The fourth-order valence-corrected chi connectivity index (χ4v) is 2.17. The molecule has 1 aromatic carbocycles. The number of hydrogen-bond acceptors (Lipinski definition) is 2. The van der Waals surface area contributed by atoms with Crippen LogP contribution in [0.25, 0.3) is 0 Å². The Balaban J connectivity index is 2.88. The number of carbonyl (C=O) groups excluding carboxylic acids is 1. The summed E-state index contributed by atoms with van der Waals surface area (Å²) in [5.74, 6) is -1.28. The molecule has 0 amide bonds. The van der Waals surface area contributed by atoms with Crippen molar-refractivity contribution >= 4 is 5.78 Å². The normalized spacial score (nSPS) is 14.3. The van der Waals surface area contributed by atoms with Crippen LogP contribution in [-0.2, 0) is 0 Å². The number of Topliss-reactive ketones (excluding diaryl/α,β-unsaturated/α-hetero) is 1. The third-order valence-corrected chi connectivity index (χ3v) is 3.77. The second-order valence-corrected chi connectivity index (χ2v) is 5.27. The molecule has 0 aliphatic heterocycles. The Labute approximate surface area is 119 Å². The van der Waals surface area contributed by atoms with E-state index >= 15 is 0 Å². The molecule has 0 aromatic heterocycles. The average molecular weight is 283 g/mol. The highest BCUT2D eigenvalue weighted by Crippen LogP contribution is 2.16. The highest BCUT2D eigenvalue weighted by molar-refractivity contribution is 6.00. The fourth-order valence-electron chi connectivity index (χ4n) is 2.17. The number of halogens is 2. The Bertz CT molecular complexity index is 462. The van der Waals surface area contributed by atoms with Crippen molar-refractivity contribution in [1.29, 1.82) is 0 Å². The molecular weight excluding hydrogens is 260 g/mol. The van der Waals surface area contributed by atoms with Gasteiger partial charge in [-0.15, -0.1) is 0 Å². The molecule has 2 atom stereocenters. The molecule has 0 saturated heterocycles. The standard InChI is InChI=1S/C16H23F2NO/c1-5-11(3)10-19(6-2)12(4)16(20)14-8-7-13(17)9-15(14)18/h7-9,11-12H,5-6,10H2,1-4H3. The lowest BCUT2D eigenvalue weighted by Gasteiger charge is -2.29. The minimum absolute atomic E-state index is 0.0403. The third-order valence-electron chi connectivity index (χ3n) is 3.77. The molecule has 0 radical (unpaired) electrons. The van der Waals surface area contributed by atoms with Crippen LogP contribution in [0.5, 0.6) is 0 Å². The van der Waals surface area contributed by atoms with Gasteiger partial charge in [0, 0.05) is 12.6 Å². The molecule has 4 heteroatoms. The largest absolute Gasteiger partial charge is 0.294 e. The van der Waals surface area contributed by atoms with E-state index in [0.717, 1.165) is 31.6 Å². The quantitative estimate of drug-likeness (QED) is 0.707. The molecule has 0 N–H and O–H groups in total. The van der Waals surface area contributed by atoms with Gasteiger partial charge in [-0.2, -0.15) is 0 Å². The minimum Gasteiger partial charge on any atom is -0.294 e. The summed E-state index contributed by atoms with van der Waals surface area (Å²) in [6.45, 7) is 9.50. The van der Waals surface area contributed by atoms with Crippen molar-refractivity contribution in [2.45, 2.75) is 40.2 Å². The van der Waals surface area contributed by atoms with Gasteiger partial charge in [-0.25, -0.2) is 8.78 Å². The molecule has 1 rings (SSSR count). The van der Waals surface area contributed by atoms with Crippen molar-refractivity contribution in [1.82, 2.24) is 4.90 Å². The van der Waals surface area contributed by atoms with Gasteiger partial charge in [0.25, 0.3) is 0 Å². The number of nitrogens with zero attached hydrogens (tertiary/aromatic N) is 1. The molecule has 2 unspecified atom stereocenters. The number of hydrogen-bond donors (Lipinski definition) is 0. The first-order valence-electron chi connectivity index (χ1n) is 7.13. The molecule has 0 aliphatic rings. The summed E-state index contributed by atoms with van der Waals surface area (Å²) in [4.78, 5) is 14.4. The predicted octanol–water partition coefficient (Wildman–Crippen LogP) is 3.90. The van der Waals surface area contributed by atoms with Crippen molar-refractivity contribution < 1.29 is 13.6 Å². The molecule has 0 saturated carbocycles. The Hall–Kier alpha value is -1.29. The minimum atomic E-state index is -0.790. The first-order chi connectivity index (χ1) is 9.40. The van der Waals surface area contributed by atoms with Gasteiger partial charge in [0.15, 0.2) is 5.78 Å². The zero-order chi connectivity index (χ0) is 15.3. The van der Waals surface area contributed by atoms with Gasteiger partial charge >= 0.3 is 0 Å². The molecule has 112 valence electrons. The van der Waals surface area contributed by atoms with E-state index in [9.17, 15) is 13.6 Å². The van der Waals surface area contributed by atoms with Crippen LogP contribution in [0.3, 0.4) is 0 Å². The van der Waals surface area contributed by atoms with E-state index in [0.29, 0.717) is 5.92 Å². The number of carbonyl (C=O) groups is 1. The Morgan fingerprint density at radius 3 is 2.40 bits per heavy atom. The zero-order valence-electron chi connectivity index (χ0n) is 12.6. The van der Waals surface area contributed by atoms with Gasteiger partial charge in [0.05, 0.1) is 11.6 Å². The van der Waals surface area contributed by atoms with Crippen LogP contribution in [0.4, 0.5) is 8.78 Å². The van der Waals surface area contributed by atoms with Crippen molar-refractivity contribution in [3.63, 3.8) is 0 Å². The van der Waals surface area contributed by atoms with Crippen LogP contribution in [-0.4, -0.2) is 29.8 Å². The first kappa shape index (κ1) is 16.8. The lowest BCUT2D eigenvalue weighted by Crippen LogP contribution is -2.41. The highest BCUT2D eigenvalue weighted by Gasteiger charge is 2.24. The van der Waals surface area contributed by atoms with E-state index in [1.54, 1.807) is 6.92 Å². The van der Waals surface area contributed by atoms with Crippen molar-refractivity contribution in [2.75, 3.05) is 13.1 Å². The van der Waals surface area contributed by atoms with Gasteiger partial charge in [0.2, 0.25) is 0 Å². The Morgan fingerprint density at radius 2 is 1.90 bits per heavy atom. The lowest BCUT2D eigenvalue weighted by molar-refractivity contribution is 0.0820. The molecule has 0 aliphatic carbocycles. The molecule has 1 aromatic rings. The summed E-state index contributed by atoms with van der Waals surface area (Å²) in [7, 11) is 0. The van der Waals surface area contributed by atoms with E-state index in [1.165, 1.54) is 6.07 Å². The smallest absolute Gasteiger partial charge is 0.182 e. The number of rotatable bonds is 7. The maximum absolute atomic E-state index is 13.7. The monoisotopic (exact) mass is 283 g/mol. The van der Waals surface area contributed by atoms with Crippen LogP contribution in [0.1, 0.15) is 44.5 Å². The zero-order valence-corrected chi connectivity index (χ0v) is 12.6. The summed E-state index contributed by atoms with van der Waals surface area (Å²) < 4.78 is 26.6. The van der Waals surface area contributed by atoms with Crippen molar-refractivity contribution in [3.05, 3.63) is 35.4 Å². The summed E-state index contributed by atoms with van der Waals surface area (Å²) >= 11 is 0. The van der Waals surface area contributed by atoms with Crippen molar-refractivity contribution in [2.24, 2.45) is 5.92 Å². The van der Waals surface area contributed by atoms with Gasteiger partial charge in [0.1, 0.15) is 11.6 Å². The first-order valence-corrected chi connectivity index (χ1v) is 7.13. The van der Waals surface area contributed by atoms with Gasteiger partial charge in [-0.05, 0) is 31.5 Å². The van der Waals surface area contributed by atoms with E-state index in [-0.39, 0.29) is 11.3 Å². The summed E-state index contributed by atoms with van der Waals surface area (Å²) in [5, 5.41) is 0. The topological polar surface area (TPSA) is 20.3 Å². The lowest BCUT2D eigenvalue weighted by atomic mass is 10.0. The molecule has 2 nitrogen and oxygen atoms in total. The van der Waals surface area contributed by atoms with Crippen LogP contribution in [0.15, 0.2) is 18.2 Å². The summed E-state index contributed by atoms with van der Waals surface area (Å²) in [6.07, 6.45) is 1.03. The van der Waals surface area contributed by atoms with E-state index < -0.39 is 17.7 Å². The van der Waals surface area contributed by atoms with E-state index in [2.05, 4.69) is 13.8 Å². The van der Waals surface area contributed by atoms with Gasteiger partial charge in [-0.1, -0.05) is 27.2 Å². The maximum Gasteiger partial charge on any atom is 0.182 e. The molecule has 0 heterocycles. The molecular formula is C16H23F2NO. The highest BCUT2D eigenvalue weighted by atomic mass is 19.1. The summed E-state index contributed by atoms with van der Waals surface area (Å²) in [6, 6.07) is 2.69. The summed E-state index contributed by atoms with van der Waals surface area (Å²) in [5.41, 5.74) is -0.0403. The molecule has 20 heavy (non-hydrogen) atoms. The SMILES string of the molecule is CCC(C)CN(CC)C(C)C(=O)c1ccc(F)cc1F. The Morgan fingerprint density at radius 1 is 1.25 bits per heavy atom. The third kappa shape index (κ3) is 4.10. The van der Waals surface area contributed by atoms with Gasteiger partial charge < -0.3 is 0 Å². The second-order valence-electron chi connectivity index (χ2n) is 5.27. The Kier molecular flexibility index (Phi) is 6.27. The number of benzene rings is 1.